The summed E-state index contributed by atoms with van der Waals surface area (Å²) in [6, 6.07) is 3.91. The number of aliphatic carboxylic acids is 1. The molecule has 3 unspecified atom stereocenters. The number of aromatic nitrogens is 1. The second kappa shape index (κ2) is 5.32. The third kappa shape index (κ3) is 3.14. The van der Waals surface area contributed by atoms with Gasteiger partial charge in [0.2, 0.25) is 0 Å². The molecule has 3 atom stereocenters. The van der Waals surface area contributed by atoms with E-state index >= 15 is 0 Å². The molecular weight excluding hydrogens is 238 g/mol. The Morgan fingerprint density at radius 3 is 2.63 bits per heavy atom. The van der Waals surface area contributed by atoms with Crippen LogP contribution in [-0.4, -0.2) is 16.1 Å². The molecule has 1 saturated carbocycles. The molecule has 104 valence electrons. The van der Waals surface area contributed by atoms with Gasteiger partial charge in [0.05, 0.1) is 5.92 Å². The highest BCUT2D eigenvalue weighted by Gasteiger charge is 2.39. The van der Waals surface area contributed by atoms with Gasteiger partial charge in [0, 0.05) is 12.4 Å². The van der Waals surface area contributed by atoms with Gasteiger partial charge in [-0.05, 0) is 48.1 Å². The van der Waals surface area contributed by atoms with Crippen molar-refractivity contribution in [1.29, 1.82) is 0 Å². The van der Waals surface area contributed by atoms with E-state index in [0.29, 0.717) is 5.92 Å². The van der Waals surface area contributed by atoms with Crippen molar-refractivity contribution in [2.75, 3.05) is 0 Å². The van der Waals surface area contributed by atoms with Crippen LogP contribution in [0.4, 0.5) is 0 Å². The molecule has 0 aliphatic heterocycles. The Hall–Kier alpha value is -1.38. The Balaban J connectivity index is 2.26. The minimum atomic E-state index is -0.666. The molecule has 3 heteroatoms. The van der Waals surface area contributed by atoms with Crippen LogP contribution in [0.3, 0.4) is 0 Å². The van der Waals surface area contributed by atoms with Crippen LogP contribution in [-0.2, 0) is 4.79 Å². The van der Waals surface area contributed by atoms with Crippen LogP contribution in [0.1, 0.15) is 51.5 Å². The average Bonchev–Trinajstić information content (AvgIpc) is 2.38. The zero-order chi connectivity index (χ0) is 14.0. The van der Waals surface area contributed by atoms with Gasteiger partial charge in [-0.3, -0.25) is 9.78 Å². The van der Waals surface area contributed by atoms with Crippen LogP contribution >= 0.6 is 0 Å². The maximum atomic E-state index is 11.5. The van der Waals surface area contributed by atoms with Gasteiger partial charge in [-0.15, -0.1) is 0 Å². The van der Waals surface area contributed by atoms with E-state index in [-0.39, 0.29) is 17.3 Å². The SMILES string of the molecule is CC(C)(C)C1CCC(C(=O)O)C(c2cccnc2)C1. The van der Waals surface area contributed by atoms with E-state index in [9.17, 15) is 9.90 Å². The highest BCUT2D eigenvalue weighted by atomic mass is 16.4. The summed E-state index contributed by atoms with van der Waals surface area (Å²) in [6.07, 6.45) is 6.30. The number of carbonyl (C=O) groups is 1. The van der Waals surface area contributed by atoms with Crippen molar-refractivity contribution < 1.29 is 9.90 Å². The normalized spacial score (nSPS) is 28.1. The number of carboxylic acid groups (broad SMARTS) is 1. The van der Waals surface area contributed by atoms with E-state index in [1.54, 1.807) is 6.20 Å². The molecule has 1 aromatic rings. The zero-order valence-corrected chi connectivity index (χ0v) is 12.0. The van der Waals surface area contributed by atoms with Gasteiger partial charge in [-0.1, -0.05) is 26.8 Å². The smallest absolute Gasteiger partial charge is 0.307 e. The van der Waals surface area contributed by atoms with Gasteiger partial charge in [-0.2, -0.15) is 0 Å². The van der Waals surface area contributed by atoms with Crippen LogP contribution in [0.15, 0.2) is 24.5 Å². The first-order valence-corrected chi connectivity index (χ1v) is 7.02. The molecule has 0 aromatic carbocycles. The van der Waals surface area contributed by atoms with Gasteiger partial charge in [0.1, 0.15) is 0 Å². The third-order valence-electron chi connectivity index (χ3n) is 4.50. The summed E-state index contributed by atoms with van der Waals surface area (Å²) in [7, 11) is 0. The van der Waals surface area contributed by atoms with Crippen molar-refractivity contribution in [1.82, 2.24) is 4.98 Å². The van der Waals surface area contributed by atoms with Crippen LogP contribution in [0, 0.1) is 17.3 Å². The van der Waals surface area contributed by atoms with Gasteiger partial charge >= 0.3 is 5.97 Å². The number of pyridine rings is 1. The molecule has 1 N–H and O–H groups in total. The van der Waals surface area contributed by atoms with Crippen LogP contribution in [0.5, 0.6) is 0 Å². The average molecular weight is 261 g/mol. The molecule has 19 heavy (non-hydrogen) atoms. The molecular formula is C16H23NO2. The van der Waals surface area contributed by atoms with Crippen molar-refractivity contribution in [3.05, 3.63) is 30.1 Å². The molecule has 0 spiro atoms. The highest BCUT2D eigenvalue weighted by molar-refractivity contribution is 5.71. The van der Waals surface area contributed by atoms with Crippen LogP contribution in [0.2, 0.25) is 0 Å². The van der Waals surface area contributed by atoms with Gasteiger partial charge < -0.3 is 5.11 Å². The van der Waals surface area contributed by atoms with Crippen molar-refractivity contribution in [2.24, 2.45) is 17.3 Å². The van der Waals surface area contributed by atoms with Crippen LogP contribution in [0.25, 0.3) is 0 Å². The Kier molecular flexibility index (Phi) is 3.93. The fourth-order valence-electron chi connectivity index (χ4n) is 3.22. The Labute approximate surface area is 115 Å². The fraction of sp³-hybridized carbons (Fsp3) is 0.625. The summed E-state index contributed by atoms with van der Waals surface area (Å²) in [5.41, 5.74) is 1.31. The molecule has 1 aromatic heterocycles. The minimum Gasteiger partial charge on any atom is -0.481 e. The van der Waals surface area contributed by atoms with Crippen molar-refractivity contribution in [3.8, 4) is 0 Å². The van der Waals surface area contributed by atoms with Crippen molar-refractivity contribution in [3.63, 3.8) is 0 Å². The lowest BCUT2D eigenvalue weighted by atomic mass is 9.64. The zero-order valence-electron chi connectivity index (χ0n) is 12.0. The first kappa shape index (κ1) is 14.0. The summed E-state index contributed by atoms with van der Waals surface area (Å²) < 4.78 is 0. The summed E-state index contributed by atoms with van der Waals surface area (Å²) in [5.74, 6) is -0.249. The predicted octanol–water partition coefficient (Wildman–Crippen LogP) is 3.71. The van der Waals surface area contributed by atoms with E-state index in [1.807, 2.05) is 18.3 Å². The molecule has 1 aliphatic carbocycles. The van der Waals surface area contributed by atoms with E-state index in [1.165, 1.54) is 0 Å². The van der Waals surface area contributed by atoms with E-state index in [0.717, 1.165) is 24.8 Å². The number of nitrogens with zero attached hydrogens (tertiary/aromatic N) is 1. The standard InChI is InChI=1S/C16H23NO2/c1-16(2,3)12-6-7-13(15(18)19)14(9-12)11-5-4-8-17-10-11/h4-5,8,10,12-14H,6-7,9H2,1-3H3,(H,18,19). The molecule has 0 amide bonds. The summed E-state index contributed by atoms with van der Waals surface area (Å²) in [4.78, 5) is 15.6. The summed E-state index contributed by atoms with van der Waals surface area (Å²) in [6.45, 7) is 6.75. The first-order valence-electron chi connectivity index (χ1n) is 7.02. The van der Waals surface area contributed by atoms with Crippen molar-refractivity contribution in [2.45, 2.75) is 46.0 Å². The van der Waals surface area contributed by atoms with E-state index < -0.39 is 5.97 Å². The Morgan fingerprint density at radius 2 is 2.11 bits per heavy atom. The summed E-state index contributed by atoms with van der Waals surface area (Å²) in [5, 5.41) is 9.44. The molecule has 1 aliphatic rings. The van der Waals surface area contributed by atoms with Gasteiger partial charge in [0.15, 0.2) is 0 Å². The second-order valence-corrected chi connectivity index (χ2v) is 6.71. The molecule has 3 nitrogen and oxygen atoms in total. The second-order valence-electron chi connectivity index (χ2n) is 6.71. The Bertz CT molecular complexity index is 436. The lowest BCUT2D eigenvalue weighted by molar-refractivity contribution is -0.144. The molecule has 0 bridgehead atoms. The van der Waals surface area contributed by atoms with Crippen LogP contribution < -0.4 is 0 Å². The van der Waals surface area contributed by atoms with E-state index in [2.05, 4.69) is 25.8 Å². The maximum absolute atomic E-state index is 11.5. The number of hydrogen-bond donors (Lipinski definition) is 1. The van der Waals surface area contributed by atoms with Gasteiger partial charge in [-0.25, -0.2) is 0 Å². The monoisotopic (exact) mass is 261 g/mol. The highest BCUT2D eigenvalue weighted by Crippen LogP contribution is 2.46. The number of hydrogen-bond acceptors (Lipinski definition) is 2. The minimum absolute atomic E-state index is 0.101. The molecule has 1 heterocycles. The number of rotatable bonds is 2. The topological polar surface area (TPSA) is 50.2 Å². The quantitative estimate of drug-likeness (QED) is 0.882. The fourth-order valence-corrected chi connectivity index (χ4v) is 3.22. The largest absolute Gasteiger partial charge is 0.481 e. The molecule has 2 rings (SSSR count). The lowest BCUT2D eigenvalue weighted by Gasteiger charge is -2.40. The third-order valence-corrected chi connectivity index (χ3v) is 4.50. The molecule has 0 radical (unpaired) electrons. The molecule has 1 fully saturated rings. The number of carboxylic acids is 1. The first-order chi connectivity index (χ1) is 8.89. The maximum Gasteiger partial charge on any atom is 0.307 e. The molecule has 0 saturated heterocycles. The summed E-state index contributed by atoms with van der Waals surface area (Å²) >= 11 is 0. The van der Waals surface area contributed by atoms with Gasteiger partial charge in [0.25, 0.3) is 0 Å². The lowest BCUT2D eigenvalue weighted by Crippen LogP contribution is -2.34. The van der Waals surface area contributed by atoms with Crippen molar-refractivity contribution >= 4 is 5.97 Å². The Morgan fingerprint density at radius 1 is 1.37 bits per heavy atom. The predicted molar refractivity (Wildman–Crippen MR) is 74.9 cm³/mol. The van der Waals surface area contributed by atoms with E-state index in [4.69, 9.17) is 0 Å².